The van der Waals surface area contributed by atoms with Gasteiger partial charge in [0.2, 0.25) is 0 Å². The summed E-state index contributed by atoms with van der Waals surface area (Å²) in [6, 6.07) is 7.80. The summed E-state index contributed by atoms with van der Waals surface area (Å²) in [5.74, 6) is 0.426. The Morgan fingerprint density at radius 1 is 1.33 bits per heavy atom. The molecule has 0 atom stereocenters. The van der Waals surface area contributed by atoms with E-state index in [0.29, 0.717) is 12.3 Å². The third-order valence-electron chi connectivity index (χ3n) is 4.63. The third-order valence-corrected chi connectivity index (χ3v) is 4.63. The summed E-state index contributed by atoms with van der Waals surface area (Å²) in [7, 11) is 0. The number of fused-ring (bicyclic) bond motifs is 1. The second kappa shape index (κ2) is 5.19. The van der Waals surface area contributed by atoms with Gasteiger partial charge in [0.15, 0.2) is 5.76 Å². The van der Waals surface area contributed by atoms with Crippen LogP contribution < -0.4 is 5.73 Å². The Hall–Kier alpha value is -1.81. The molecule has 1 amide bonds. The largest absolute Gasteiger partial charge is 0.451 e. The standard InChI is InChI=1S/C17H22N2O2/c1-12-3-4-14-13(9-12)10-15(21-14)16(20)19-7-5-17(2,11-18)6-8-19/h3-4,9-10H,5-8,11,18H2,1-2H3. The van der Waals surface area contributed by atoms with Crippen molar-refractivity contribution in [2.45, 2.75) is 26.7 Å². The molecule has 4 nitrogen and oxygen atoms in total. The first-order chi connectivity index (χ1) is 10.0. The number of likely N-dealkylation sites (tertiary alicyclic amines) is 1. The van der Waals surface area contributed by atoms with Gasteiger partial charge in [0.25, 0.3) is 5.91 Å². The number of amides is 1. The van der Waals surface area contributed by atoms with E-state index in [9.17, 15) is 4.79 Å². The van der Waals surface area contributed by atoms with Gasteiger partial charge in [-0.1, -0.05) is 18.6 Å². The lowest BCUT2D eigenvalue weighted by Crippen LogP contribution is -2.44. The van der Waals surface area contributed by atoms with E-state index >= 15 is 0 Å². The maximum atomic E-state index is 12.6. The van der Waals surface area contributed by atoms with Gasteiger partial charge in [0, 0.05) is 18.5 Å². The molecule has 0 radical (unpaired) electrons. The van der Waals surface area contributed by atoms with Gasteiger partial charge in [-0.15, -0.1) is 0 Å². The van der Waals surface area contributed by atoms with Gasteiger partial charge in [0.1, 0.15) is 5.58 Å². The number of nitrogens with zero attached hydrogens (tertiary/aromatic N) is 1. The number of carbonyl (C=O) groups excluding carboxylic acids is 1. The average Bonchev–Trinajstić information content (AvgIpc) is 2.90. The van der Waals surface area contributed by atoms with Gasteiger partial charge in [0.05, 0.1) is 0 Å². The smallest absolute Gasteiger partial charge is 0.289 e. The highest BCUT2D eigenvalue weighted by Crippen LogP contribution is 2.30. The van der Waals surface area contributed by atoms with E-state index in [1.165, 1.54) is 5.56 Å². The highest BCUT2D eigenvalue weighted by Gasteiger charge is 2.31. The van der Waals surface area contributed by atoms with E-state index in [1.807, 2.05) is 36.1 Å². The molecule has 4 heteroatoms. The maximum absolute atomic E-state index is 12.6. The Balaban J connectivity index is 1.78. The highest BCUT2D eigenvalue weighted by molar-refractivity contribution is 5.96. The van der Waals surface area contributed by atoms with E-state index in [2.05, 4.69) is 6.92 Å². The molecule has 1 fully saturated rings. The molecule has 0 unspecified atom stereocenters. The Morgan fingerprint density at radius 3 is 2.71 bits per heavy atom. The predicted octanol–water partition coefficient (Wildman–Crippen LogP) is 2.94. The van der Waals surface area contributed by atoms with Crippen molar-refractivity contribution in [3.63, 3.8) is 0 Å². The molecule has 21 heavy (non-hydrogen) atoms. The molecular weight excluding hydrogens is 264 g/mol. The summed E-state index contributed by atoms with van der Waals surface area (Å²) in [6.07, 6.45) is 1.91. The topological polar surface area (TPSA) is 59.5 Å². The molecule has 2 aromatic rings. The van der Waals surface area contributed by atoms with Crippen LogP contribution in [0.15, 0.2) is 28.7 Å². The second-order valence-corrected chi connectivity index (χ2v) is 6.46. The van der Waals surface area contributed by atoms with E-state index in [0.717, 1.165) is 36.9 Å². The van der Waals surface area contributed by atoms with Gasteiger partial charge in [-0.3, -0.25) is 4.79 Å². The van der Waals surface area contributed by atoms with Crippen LogP contribution in [0.3, 0.4) is 0 Å². The second-order valence-electron chi connectivity index (χ2n) is 6.46. The highest BCUT2D eigenvalue weighted by atomic mass is 16.3. The van der Waals surface area contributed by atoms with Gasteiger partial charge in [-0.2, -0.15) is 0 Å². The maximum Gasteiger partial charge on any atom is 0.289 e. The SMILES string of the molecule is Cc1ccc2oc(C(=O)N3CCC(C)(CN)CC3)cc2c1. The monoisotopic (exact) mass is 286 g/mol. The Labute approximate surface area is 124 Å². The Kier molecular flexibility index (Phi) is 3.49. The molecular formula is C17H22N2O2. The fourth-order valence-electron chi connectivity index (χ4n) is 2.88. The van der Waals surface area contributed by atoms with Crippen molar-refractivity contribution in [1.82, 2.24) is 4.90 Å². The number of carbonyl (C=O) groups is 1. The zero-order chi connectivity index (χ0) is 15.0. The molecule has 2 heterocycles. The third kappa shape index (κ3) is 2.68. The van der Waals surface area contributed by atoms with Crippen LogP contribution in [-0.2, 0) is 0 Å². The number of nitrogens with two attached hydrogens (primary N) is 1. The molecule has 0 spiro atoms. The number of benzene rings is 1. The quantitative estimate of drug-likeness (QED) is 0.923. The molecule has 1 aliphatic heterocycles. The van der Waals surface area contributed by atoms with E-state index in [1.54, 1.807) is 0 Å². The fourth-order valence-corrected chi connectivity index (χ4v) is 2.88. The average molecular weight is 286 g/mol. The first kappa shape index (κ1) is 14.1. The lowest BCUT2D eigenvalue weighted by Gasteiger charge is -2.38. The summed E-state index contributed by atoms with van der Waals surface area (Å²) in [6.45, 7) is 6.41. The van der Waals surface area contributed by atoms with Gasteiger partial charge < -0.3 is 15.1 Å². The van der Waals surface area contributed by atoms with Crippen molar-refractivity contribution in [2.24, 2.45) is 11.1 Å². The van der Waals surface area contributed by atoms with Crippen molar-refractivity contribution in [3.05, 3.63) is 35.6 Å². The number of hydrogen-bond donors (Lipinski definition) is 1. The Morgan fingerprint density at radius 2 is 2.05 bits per heavy atom. The van der Waals surface area contributed by atoms with Gasteiger partial charge in [-0.25, -0.2) is 0 Å². The number of aryl methyl sites for hydroxylation is 1. The minimum absolute atomic E-state index is 0.0112. The predicted molar refractivity (Wildman–Crippen MR) is 83.2 cm³/mol. The number of furan rings is 1. The molecule has 2 N–H and O–H groups in total. The van der Waals surface area contributed by atoms with Crippen molar-refractivity contribution in [2.75, 3.05) is 19.6 Å². The first-order valence-corrected chi connectivity index (χ1v) is 7.50. The van der Waals surface area contributed by atoms with E-state index in [4.69, 9.17) is 10.2 Å². The van der Waals surface area contributed by atoms with Crippen LogP contribution in [0.1, 0.15) is 35.9 Å². The molecule has 112 valence electrons. The molecule has 1 aliphatic rings. The van der Waals surface area contributed by atoms with E-state index < -0.39 is 0 Å². The molecule has 1 saturated heterocycles. The molecule has 3 rings (SSSR count). The molecule has 1 aromatic heterocycles. The van der Waals surface area contributed by atoms with Crippen LogP contribution in [0.5, 0.6) is 0 Å². The summed E-state index contributed by atoms with van der Waals surface area (Å²) < 4.78 is 5.70. The van der Waals surface area contributed by atoms with E-state index in [-0.39, 0.29) is 11.3 Å². The zero-order valence-electron chi connectivity index (χ0n) is 12.7. The van der Waals surface area contributed by atoms with Crippen molar-refractivity contribution in [3.8, 4) is 0 Å². The summed E-state index contributed by atoms with van der Waals surface area (Å²) in [5, 5.41) is 0.988. The minimum Gasteiger partial charge on any atom is -0.451 e. The van der Waals surface area contributed by atoms with Crippen molar-refractivity contribution < 1.29 is 9.21 Å². The lowest BCUT2D eigenvalue weighted by atomic mass is 9.80. The normalized spacial score (nSPS) is 18.1. The molecule has 0 saturated carbocycles. The molecule has 0 bridgehead atoms. The fraction of sp³-hybridized carbons (Fsp3) is 0.471. The van der Waals surface area contributed by atoms with Crippen LogP contribution in [0.4, 0.5) is 0 Å². The van der Waals surface area contributed by atoms with Crippen LogP contribution in [0, 0.1) is 12.3 Å². The van der Waals surface area contributed by atoms with Crippen molar-refractivity contribution in [1.29, 1.82) is 0 Å². The van der Waals surface area contributed by atoms with Crippen LogP contribution in [-0.4, -0.2) is 30.4 Å². The minimum atomic E-state index is -0.0112. The van der Waals surface area contributed by atoms with Crippen molar-refractivity contribution >= 4 is 16.9 Å². The summed E-state index contributed by atoms with van der Waals surface area (Å²) in [4.78, 5) is 14.4. The zero-order valence-corrected chi connectivity index (χ0v) is 12.7. The number of piperidine rings is 1. The summed E-state index contributed by atoms with van der Waals surface area (Å²) in [5.41, 5.74) is 7.92. The van der Waals surface area contributed by atoms with Crippen LogP contribution in [0.25, 0.3) is 11.0 Å². The van der Waals surface area contributed by atoms with Gasteiger partial charge >= 0.3 is 0 Å². The summed E-state index contributed by atoms with van der Waals surface area (Å²) >= 11 is 0. The number of hydrogen-bond acceptors (Lipinski definition) is 3. The Bertz CT molecular complexity index is 666. The van der Waals surface area contributed by atoms with Crippen LogP contribution in [0.2, 0.25) is 0 Å². The molecule has 0 aliphatic carbocycles. The van der Waals surface area contributed by atoms with Crippen LogP contribution >= 0.6 is 0 Å². The molecule has 1 aromatic carbocycles. The van der Waals surface area contributed by atoms with Gasteiger partial charge in [-0.05, 0) is 49.9 Å². The first-order valence-electron chi connectivity index (χ1n) is 7.50. The lowest BCUT2D eigenvalue weighted by molar-refractivity contribution is 0.0589. The number of rotatable bonds is 2.